The van der Waals surface area contributed by atoms with Gasteiger partial charge in [0, 0.05) is 0 Å². The van der Waals surface area contributed by atoms with Gasteiger partial charge in [-0.05, 0) is 64.2 Å². The highest BCUT2D eigenvalue weighted by Gasteiger charge is 2.10. The molecule has 0 aromatic heterocycles. The first-order valence-electron chi connectivity index (χ1n) is 6.01. The molecule has 0 spiro atoms. The van der Waals surface area contributed by atoms with Crippen LogP contribution < -0.4 is 0 Å². The Bertz CT molecular complexity index is 563. The van der Waals surface area contributed by atoms with Crippen molar-refractivity contribution in [2.75, 3.05) is 0 Å². The van der Waals surface area contributed by atoms with Gasteiger partial charge in [-0.25, -0.2) is 13.2 Å². The lowest BCUT2D eigenvalue weighted by atomic mass is 10.0. The van der Waals surface area contributed by atoms with E-state index in [1.165, 1.54) is 12.1 Å². The van der Waals surface area contributed by atoms with Crippen LogP contribution in [0.25, 0.3) is 0 Å². The van der Waals surface area contributed by atoms with Crippen LogP contribution in [0.5, 0.6) is 0 Å². The van der Waals surface area contributed by atoms with E-state index in [2.05, 4.69) is 15.9 Å². The summed E-state index contributed by atoms with van der Waals surface area (Å²) in [6.07, 6.45) is -0.249. The Morgan fingerprint density at radius 1 is 0.850 bits per heavy atom. The molecular weight excluding hydrogens is 333 g/mol. The molecule has 106 valence electrons. The van der Waals surface area contributed by atoms with E-state index in [0.717, 1.165) is 17.7 Å². The van der Waals surface area contributed by atoms with E-state index in [-0.39, 0.29) is 12.2 Å². The quantitative estimate of drug-likeness (QED) is 0.888. The predicted octanol–water partition coefficient (Wildman–Crippen LogP) is 4.01. The molecule has 1 N–H and O–H groups in total. The molecule has 5 heteroatoms. The molecule has 1 atom stereocenters. The van der Waals surface area contributed by atoms with Gasteiger partial charge in [0.05, 0.1) is 10.6 Å². The summed E-state index contributed by atoms with van der Waals surface area (Å²) in [5.74, 6) is -2.21. The SMILES string of the molecule is OC(Cc1ccc(F)c(F)c1)Cc1ccc(F)c(Br)c1. The highest BCUT2D eigenvalue weighted by Crippen LogP contribution is 2.19. The molecule has 0 bridgehead atoms. The lowest BCUT2D eigenvalue weighted by Crippen LogP contribution is -2.14. The Morgan fingerprint density at radius 3 is 1.95 bits per heavy atom. The van der Waals surface area contributed by atoms with Gasteiger partial charge in [-0.1, -0.05) is 12.1 Å². The molecule has 1 nitrogen and oxygen atoms in total. The van der Waals surface area contributed by atoms with Crippen molar-refractivity contribution in [2.45, 2.75) is 18.9 Å². The third-order valence-electron chi connectivity index (χ3n) is 2.91. The van der Waals surface area contributed by atoms with E-state index in [1.54, 1.807) is 12.1 Å². The highest BCUT2D eigenvalue weighted by atomic mass is 79.9. The first-order chi connectivity index (χ1) is 9.45. The van der Waals surface area contributed by atoms with E-state index in [0.29, 0.717) is 16.5 Å². The maximum absolute atomic E-state index is 13.1. The van der Waals surface area contributed by atoms with Gasteiger partial charge in [0.2, 0.25) is 0 Å². The average molecular weight is 345 g/mol. The molecule has 0 saturated carbocycles. The maximum Gasteiger partial charge on any atom is 0.159 e. The normalized spacial score (nSPS) is 12.4. The lowest BCUT2D eigenvalue weighted by Gasteiger charge is -2.11. The molecule has 0 heterocycles. The fourth-order valence-electron chi connectivity index (χ4n) is 1.95. The summed E-state index contributed by atoms with van der Waals surface area (Å²) in [6, 6.07) is 8.01. The zero-order valence-corrected chi connectivity index (χ0v) is 12.0. The molecule has 2 aromatic rings. The Kier molecular flexibility index (Phi) is 4.83. The van der Waals surface area contributed by atoms with Crippen LogP contribution in [0, 0.1) is 17.5 Å². The summed E-state index contributed by atoms with van der Waals surface area (Å²) in [5.41, 5.74) is 1.27. The summed E-state index contributed by atoms with van der Waals surface area (Å²) in [6.45, 7) is 0. The van der Waals surface area contributed by atoms with E-state index in [1.807, 2.05) is 0 Å². The number of aliphatic hydroxyl groups excluding tert-OH is 1. The van der Waals surface area contributed by atoms with Crippen LogP contribution in [-0.4, -0.2) is 11.2 Å². The van der Waals surface area contributed by atoms with Crippen LogP contribution in [0.4, 0.5) is 13.2 Å². The Labute approximate surface area is 123 Å². The van der Waals surface area contributed by atoms with Crippen molar-refractivity contribution in [1.29, 1.82) is 0 Å². The molecule has 1 unspecified atom stereocenters. The Hall–Kier alpha value is -1.33. The molecule has 20 heavy (non-hydrogen) atoms. The van der Waals surface area contributed by atoms with Crippen molar-refractivity contribution in [3.8, 4) is 0 Å². The summed E-state index contributed by atoms with van der Waals surface area (Å²) in [5, 5.41) is 9.95. The van der Waals surface area contributed by atoms with E-state index in [9.17, 15) is 18.3 Å². The van der Waals surface area contributed by atoms with Gasteiger partial charge in [-0.15, -0.1) is 0 Å². The number of aliphatic hydroxyl groups is 1. The van der Waals surface area contributed by atoms with Crippen LogP contribution in [0.3, 0.4) is 0 Å². The van der Waals surface area contributed by atoms with Gasteiger partial charge in [-0.2, -0.15) is 0 Å². The molecule has 0 radical (unpaired) electrons. The van der Waals surface area contributed by atoms with Crippen molar-refractivity contribution >= 4 is 15.9 Å². The zero-order chi connectivity index (χ0) is 14.7. The van der Waals surface area contributed by atoms with Crippen molar-refractivity contribution in [3.63, 3.8) is 0 Å². The van der Waals surface area contributed by atoms with E-state index in [4.69, 9.17) is 0 Å². The van der Waals surface area contributed by atoms with Crippen LogP contribution >= 0.6 is 15.9 Å². The second kappa shape index (κ2) is 6.41. The van der Waals surface area contributed by atoms with Gasteiger partial charge < -0.3 is 5.11 Å². The summed E-state index contributed by atoms with van der Waals surface area (Å²) in [4.78, 5) is 0. The molecule has 0 fully saturated rings. The van der Waals surface area contributed by atoms with Crippen LogP contribution in [0.2, 0.25) is 0 Å². The fraction of sp³-hybridized carbons (Fsp3) is 0.200. The molecule has 0 aliphatic heterocycles. The first-order valence-corrected chi connectivity index (χ1v) is 6.81. The number of hydrogen-bond donors (Lipinski definition) is 1. The summed E-state index contributed by atoms with van der Waals surface area (Å²) >= 11 is 3.07. The van der Waals surface area contributed by atoms with Crippen LogP contribution in [-0.2, 0) is 12.8 Å². The predicted molar refractivity (Wildman–Crippen MR) is 73.9 cm³/mol. The van der Waals surface area contributed by atoms with Gasteiger partial charge in [-0.3, -0.25) is 0 Å². The van der Waals surface area contributed by atoms with Gasteiger partial charge >= 0.3 is 0 Å². The fourth-order valence-corrected chi connectivity index (χ4v) is 2.38. The topological polar surface area (TPSA) is 20.2 Å². The largest absolute Gasteiger partial charge is 0.392 e. The second-order valence-corrected chi connectivity index (χ2v) is 5.41. The third kappa shape index (κ3) is 3.84. The minimum Gasteiger partial charge on any atom is -0.392 e. The third-order valence-corrected chi connectivity index (χ3v) is 3.52. The average Bonchev–Trinajstić information content (AvgIpc) is 2.38. The van der Waals surface area contributed by atoms with E-state index < -0.39 is 17.7 Å². The minimum absolute atomic E-state index is 0.201. The number of benzene rings is 2. The van der Waals surface area contributed by atoms with E-state index >= 15 is 0 Å². The summed E-state index contributed by atoms with van der Waals surface area (Å²) in [7, 11) is 0. The van der Waals surface area contributed by atoms with Crippen molar-refractivity contribution in [3.05, 3.63) is 69.4 Å². The van der Waals surface area contributed by atoms with Crippen molar-refractivity contribution in [1.82, 2.24) is 0 Å². The van der Waals surface area contributed by atoms with Gasteiger partial charge in [0.1, 0.15) is 5.82 Å². The number of rotatable bonds is 4. The van der Waals surface area contributed by atoms with Crippen LogP contribution in [0.1, 0.15) is 11.1 Å². The maximum atomic E-state index is 13.1. The smallest absolute Gasteiger partial charge is 0.159 e. The monoisotopic (exact) mass is 344 g/mol. The Balaban J connectivity index is 2.02. The minimum atomic E-state index is -0.931. The molecule has 0 aliphatic rings. The molecule has 2 aromatic carbocycles. The molecule has 2 rings (SSSR count). The second-order valence-electron chi connectivity index (χ2n) is 4.56. The van der Waals surface area contributed by atoms with Gasteiger partial charge in [0.25, 0.3) is 0 Å². The molecule has 0 saturated heterocycles. The number of hydrogen-bond acceptors (Lipinski definition) is 1. The standard InChI is InChI=1S/C15H12BrF3O/c16-12-7-9(1-3-13(12)17)5-11(20)6-10-2-4-14(18)15(19)8-10/h1-4,7-8,11,20H,5-6H2. The molecule has 0 aliphatic carbocycles. The summed E-state index contributed by atoms with van der Waals surface area (Å²) < 4.78 is 39.2. The van der Waals surface area contributed by atoms with Crippen molar-refractivity contribution < 1.29 is 18.3 Å². The first kappa shape index (κ1) is 15.1. The highest BCUT2D eigenvalue weighted by molar-refractivity contribution is 9.10. The molecule has 0 amide bonds. The van der Waals surface area contributed by atoms with Gasteiger partial charge in [0.15, 0.2) is 11.6 Å². The zero-order valence-electron chi connectivity index (χ0n) is 10.4. The van der Waals surface area contributed by atoms with Crippen LogP contribution in [0.15, 0.2) is 40.9 Å². The Morgan fingerprint density at radius 2 is 1.40 bits per heavy atom. The van der Waals surface area contributed by atoms with Crippen molar-refractivity contribution in [2.24, 2.45) is 0 Å². The lowest BCUT2D eigenvalue weighted by molar-refractivity contribution is 0.175. The molecular formula is C15H12BrF3O. The number of halogens is 4.